The zero-order chi connectivity index (χ0) is 22.7. The summed E-state index contributed by atoms with van der Waals surface area (Å²) < 4.78 is 27.1. The molecule has 0 aliphatic rings. The lowest BCUT2D eigenvalue weighted by atomic mass is 10.2. The molecule has 32 heavy (non-hydrogen) atoms. The minimum Gasteiger partial charge on any atom is -0.484 e. The van der Waals surface area contributed by atoms with Gasteiger partial charge in [-0.3, -0.25) is 9.48 Å². The third kappa shape index (κ3) is 5.15. The topological polar surface area (TPSA) is 69.3 Å². The fourth-order valence-corrected chi connectivity index (χ4v) is 3.62. The van der Waals surface area contributed by atoms with E-state index in [1.165, 1.54) is 16.8 Å². The van der Waals surface area contributed by atoms with Gasteiger partial charge in [-0.1, -0.05) is 47.5 Å². The molecule has 4 rings (SSSR count). The number of hydrogen-bond donors (Lipinski definition) is 1. The fourth-order valence-electron chi connectivity index (χ4n) is 2.85. The minimum absolute atomic E-state index is 0.0638. The van der Waals surface area contributed by atoms with Gasteiger partial charge in [-0.25, -0.2) is 4.39 Å². The highest BCUT2D eigenvalue weighted by molar-refractivity contribution is 9.10. The number of carbonyl (C=O) groups is 1. The van der Waals surface area contributed by atoms with E-state index in [2.05, 4.69) is 26.3 Å². The monoisotopic (exact) mass is 537 g/mol. The van der Waals surface area contributed by atoms with Crippen LogP contribution in [-0.2, 0) is 13.2 Å². The average molecular weight is 539 g/mol. The molecule has 10 heteroatoms. The molecule has 6 nitrogen and oxygen atoms in total. The van der Waals surface area contributed by atoms with Crippen molar-refractivity contribution in [3.05, 3.63) is 98.2 Å². The van der Waals surface area contributed by atoms with Crippen molar-refractivity contribution in [1.82, 2.24) is 9.78 Å². The van der Waals surface area contributed by atoms with Crippen molar-refractivity contribution in [1.29, 1.82) is 0 Å². The maximum atomic E-state index is 13.9. The number of halogens is 4. The van der Waals surface area contributed by atoms with Crippen LogP contribution in [0.1, 0.15) is 21.9 Å². The third-order valence-corrected chi connectivity index (χ3v) is 5.79. The van der Waals surface area contributed by atoms with E-state index in [4.69, 9.17) is 32.4 Å². The van der Waals surface area contributed by atoms with Crippen molar-refractivity contribution in [3.63, 3.8) is 0 Å². The number of furan rings is 1. The summed E-state index contributed by atoms with van der Waals surface area (Å²) >= 11 is 15.4. The second kappa shape index (κ2) is 9.77. The summed E-state index contributed by atoms with van der Waals surface area (Å²) in [6, 6.07) is 14.6. The highest BCUT2D eigenvalue weighted by Crippen LogP contribution is 2.32. The molecule has 4 aromatic rings. The average Bonchev–Trinajstić information content (AvgIpc) is 3.38. The molecule has 0 radical (unpaired) electrons. The lowest BCUT2D eigenvalue weighted by Crippen LogP contribution is -2.12. The molecule has 1 N–H and O–H groups in total. The van der Waals surface area contributed by atoms with E-state index in [1.54, 1.807) is 48.7 Å². The fraction of sp³-hybridized carbons (Fsp3) is 0.0909. The summed E-state index contributed by atoms with van der Waals surface area (Å²) in [7, 11) is 0. The predicted molar refractivity (Wildman–Crippen MR) is 123 cm³/mol. The van der Waals surface area contributed by atoms with Gasteiger partial charge in [0, 0.05) is 11.8 Å². The van der Waals surface area contributed by atoms with Crippen LogP contribution in [0, 0.1) is 5.82 Å². The van der Waals surface area contributed by atoms with Crippen LogP contribution in [0.2, 0.25) is 10.0 Å². The SMILES string of the molecule is O=C(Nc1nn(Cc2ccccc2F)cc1Br)c1ccc(COc2cccc(Cl)c2Cl)o1. The van der Waals surface area contributed by atoms with Gasteiger partial charge in [-0.15, -0.1) is 0 Å². The van der Waals surface area contributed by atoms with Gasteiger partial charge >= 0.3 is 0 Å². The first-order chi connectivity index (χ1) is 15.4. The van der Waals surface area contributed by atoms with Crippen molar-refractivity contribution in [2.75, 3.05) is 5.32 Å². The Balaban J connectivity index is 1.39. The maximum Gasteiger partial charge on any atom is 0.292 e. The summed E-state index contributed by atoms with van der Waals surface area (Å²) in [5.41, 5.74) is 0.482. The molecule has 0 spiro atoms. The Kier molecular flexibility index (Phi) is 6.83. The van der Waals surface area contributed by atoms with E-state index in [-0.39, 0.29) is 30.5 Å². The van der Waals surface area contributed by atoms with Crippen LogP contribution in [0.25, 0.3) is 0 Å². The van der Waals surface area contributed by atoms with Crippen LogP contribution in [-0.4, -0.2) is 15.7 Å². The van der Waals surface area contributed by atoms with Crippen LogP contribution in [0.15, 0.2) is 69.7 Å². The van der Waals surface area contributed by atoms with Crippen LogP contribution < -0.4 is 10.1 Å². The minimum atomic E-state index is -0.492. The summed E-state index contributed by atoms with van der Waals surface area (Å²) in [6.07, 6.45) is 1.65. The zero-order valence-corrected chi connectivity index (χ0v) is 19.4. The molecular weight excluding hydrogens is 524 g/mol. The Morgan fingerprint density at radius 2 is 1.97 bits per heavy atom. The number of aromatic nitrogens is 2. The first-order valence-electron chi connectivity index (χ1n) is 9.34. The molecular formula is C22H15BrCl2FN3O3. The first-order valence-corrected chi connectivity index (χ1v) is 10.9. The lowest BCUT2D eigenvalue weighted by molar-refractivity contribution is 0.0992. The van der Waals surface area contributed by atoms with E-state index in [1.807, 2.05) is 0 Å². The second-order valence-electron chi connectivity index (χ2n) is 6.68. The van der Waals surface area contributed by atoms with E-state index >= 15 is 0 Å². The van der Waals surface area contributed by atoms with E-state index < -0.39 is 5.91 Å². The molecule has 0 atom stereocenters. The Morgan fingerprint density at radius 3 is 2.78 bits per heavy atom. The molecule has 2 heterocycles. The first kappa shape index (κ1) is 22.4. The van der Waals surface area contributed by atoms with Gasteiger partial charge in [0.15, 0.2) is 11.6 Å². The number of ether oxygens (including phenoxy) is 1. The van der Waals surface area contributed by atoms with Gasteiger partial charge in [0.25, 0.3) is 5.91 Å². The predicted octanol–water partition coefficient (Wildman–Crippen LogP) is 6.56. The Hall–Kier alpha value is -2.81. The summed E-state index contributed by atoms with van der Waals surface area (Å²) in [5.74, 6) is 0.381. The van der Waals surface area contributed by atoms with Crippen molar-refractivity contribution in [2.45, 2.75) is 13.2 Å². The molecule has 0 saturated heterocycles. The molecule has 2 aromatic carbocycles. The van der Waals surface area contributed by atoms with Gasteiger partial charge in [0.1, 0.15) is 29.0 Å². The molecule has 0 aliphatic heterocycles. The molecule has 0 fully saturated rings. The van der Waals surface area contributed by atoms with Crippen molar-refractivity contribution >= 4 is 50.9 Å². The summed E-state index contributed by atoms with van der Waals surface area (Å²) in [6.45, 7) is 0.281. The molecule has 164 valence electrons. The quantitative estimate of drug-likeness (QED) is 0.289. The molecule has 0 bridgehead atoms. The Bertz CT molecular complexity index is 1280. The second-order valence-corrected chi connectivity index (χ2v) is 8.31. The molecule has 0 saturated carbocycles. The number of nitrogens with zero attached hydrogens (tertiary/aromatic N) is 2. The Labute approximate surface area is 201 Å². The highest BCUT2D eigenvalue weighted by Gasteiger charge is 2.16. The summed E-state index contributed by atoms with van der Waals surface area (Å²) in [4.78, 5) is 12.6. The number of carbonyl (C=O) groups excluding carboxylic acids is 1. The van der Waals surface area contributed by atoms with Gasteiger partial charge < -0.3 is 14.5 Å². The van der Waals surface area contributed by atoms with Gasteiger partial charge in [-0.2, -0.15) is 5.10 Å². The van der Waals surface area contributed by atoms with Crippen LogP contribution in [0.5, 0.6) is 5.75 Å². The van der Waals surface area contributed by atoms with Crippen molar-refractivity contribution in [2.24, 2.45) is 0 Å². The normalized spacial score (nSPS) is 10.9. The van der Waals surface area contributed by atoms with Gasteiger partial charge in [-0.05, 0) is 46.3 Å². The van der Waals surface area contributed by atoms with E-state index in [9.17, 15) is 9.18 Å². The molecule has 2 aromatic heterocycles. The van der Waals surface area contributed by atoms with E-state index in [0.717, 1.165) is 0 Å². The van der Waals surface area contributed by atoms with Gasteiger partial charge in [0.05, 0.1) is 16.0 Å². The van der Waals surface area contributed by atoms with Crippen molar-refractivity contribution < 1.29 is 18.3 Å². The molecule has 1 amide bonds. The number of hydrogen-bond acceptors (Lipinski definition) is 4. The smallest absolute Gasteiger partial charge is 0.292 e. The van der Waals surface area contributed by atoms with E-state index in [0.29, 0.717) is 31.6 Å². The van der Waals surface area contributed by atoms with Gasteiger partial charge in [0.2, 0.25) is 0 Å². The maximum absolute atomic E-state index is 13.9. The molecule has 0 unspecified atom stereocenters. The molecule has 0 aliphatic carbocycles. The number of rotatable bonds is 7. The van der Waals surface area contributed by atoms with Crippen molar-refractivity contribution in [3.8, 4) is 5.75 Å². The number of amides is 1. The number of benzene rings is 2. The van der Waals surface area contributed by atoms with Crippen LogP contribution in [0.3, 0.4) is 0 Å². The largest absolute Gasteiger partial charge is 0.484 e. The lowest BCUT2D eigenvalue weighted by Gasteiger charge is -2.07. The standard InChI is InChI=1S/C22H15BrCl2FN3O3/c23-15-11-29(10-13-4-1-2-6-17(13)26)28-21(15)27-22(30)19-9-8-14(32-19)12-31-18-7-3-5-16(24)20(18)25/h1-9,11H,10,12H2,(H,27,28,30). The van der Waals surface area contributed by atoms with Crippen LogP contribution >= 0.6 is 39.1 Å². The van der Waals surface area contributed by atoms with Crippen LogP contribution in [0.4, 0.5) is 10.2 Å². The summed E-state index contributed by atoms with van der Waals surface area (Å²) in [5, 5.41) is 7.64. The highest BCUT2D eigenvalue weighted by atomic mass is 79.9. The third-order valence-electron chi connectivity index (χ3n) is 4.41. The number of nitrogens with one attached hydrogen (secondary N) is 1. The number of anilines is 1. The zero-order valence-electron chi connectivity index (χ0n) is 16.3. The Morgan fingerprint density at radius 1 is 1.16 bits per heavy atom.